The Labute approximate surface area is 126 Å². The topological polar surface area (TPSA) is 20.5 Å². The average Bonchev–Trinajstić information content (AvgIpc) is 2.74. The minimum atomic E-state index is 0.976. The number of hydrogen-bond acceptors (Lipinski definition) is 2. The second-order valence-corrected chi connectivity index (χ2v) is 4.86. The highest BCUT2D eigenvalue weighted by atomic mass is 15.1. The molecule has 2 heterocycles. The van der Waals surface area contributed by atoms with Crippen LogP contribution in [0.25, 0.3) is 11.2 Å². The normalized spacial score (nSPS) is 13.4. The van der Waals surface area contributed by atoms with Crippen molar-refractivity contribution in [3.63, 3.8) is 0 Å². The van der Waals surface area contributed by atoms with E-state index in [1.807, 2.05) is 27.9 Å². The molecule has 1 aliphatic carbocycles. The Morgan fingerprint density at radius 1 is 1.19 bits per heavy atom. The second-order valence-electron chi connectivity index (χ2n) is 4.86. The summed E-state index contributed by atoms with van der Waals surface area (Å²) in [6.07, 6.45) is 15.7. The molecule has 21 heavy (non-hydrogen) atoms. The molecule has 1 aliphatic rings. The van der Waals surface area contributed by atoms with Crippen LogP contribution in [0.4, 0.5) is 5.69 Å². The first-order valence-electron chi connectivity index (χ1n) is 7.44. The van der Waals surface area contributed by atoms with Gasteiger partial charge in [-0.2, -0.15) is 0 Å². The molecule has 0 saturated carbocycles. The Hall–Kier alpha value is -2.29. The maximum Gasteiger partial charge on any atom is 0.139 e. The Balaban J connectivity index is 0.000000774. The van der Waals surface area contributed by atoms with Gasteiger partial charge in [0.1, 0.15) is 5.65 Å². The summed E-state index contributed by atoms with van der Waals surface area (Å²) in [5.74, 6) is 0. The lowest BCUT2D eigenvalue weighted by Crippen LogP contribution is -2.08. The maximum absolute atomic E-state index is 4.70. The van der Waals surface area contributed by atoms with Crippen molar-refractivity contribution >= 4 is 16.9 Å². The van der Waals surface area contributed by atoms with Crippen molar-refractivity contribution in [3.05, 3.63) is 60.6 Å². The standard InChI is InChI=1S/C16H17N3.C2H6/c1-18(2)14-9-10-19-12-15(17-16(19)11-14)13-7-5-3-4-6-8-13;1-2/h3,5-12H,4H2,1-2H3;1-2H3. The van der Waals surface area contributed by atoms with Crippen molar-refractivity contribution < 1.29 is 0 Å². The minimum absolute atomic E-state index is 0.976. The highest BCUT2D eigenvalue weighted by Crippen LogP contribution is 2.20. The lowest BCUT2D eigenvalue weighted by atomic mass is 10.2. The Morgan fingerprint density at radius 2 is 2.00 bits per heavy atom. The third-order valence-electron chi connectivity index (χ3n) is 3.24. The molecule has 110 valence electrons. The highest BCUT2D eigenvalue weighted by Gasteiger charge is 2.06. The molecule has 0 aromatic carbocycles. The number of fused-ring (bicyclic) bond motifs is 1. The molecule has 3 heteroatoms. The Morgan fingerprint density at radius 3 is 2.76 bits per heavy atom. The van der Waals surface area contributed by atoms with Crippen LogP contribution in [0.2, 0.25) is 0 Å². The molecule has 0 atom stereocenters. The van der Waals surface area contributed by atoms with Crippen molar-refractivity contribution in [2.75, 3.05) is 19.0 Å². The van der Waals surface area contributed by atoms with Gasteiger partial charge < -0.3 is 9.30 Å². The van der Waals surface area contributed by atoms with Crippen LogP contribution in [0.15, 0.2) is 54.9 Å². The zero-order chi connectivity index (χ0) is 15.2. The summed E-state index contributed by atoms with van der Waals surface area (Å²) in [4.78, 5) is 6.79. The fraction of sp³-hybridized carbons (Fsp3) is 0.278. The van der Waals surface area contributed by atoms with Gasteiger partial charge in [0.05, 0.1) is 5.69 Å². The maximum atomic E-state index is 4.70. The first-order chi connectivity index (χ1) is 10.2. The van der Waals surface area contributed by atoms with Crippen LogP contribution in [0, 0.1) is 0 Å². The van der Waals surface area contributed by atoms with E-state index in [9.17, 15) is 0 Å². The molecule has 0 radical (unpaired) electrons. The predicted molar refractivity (Wildman–Crippen MR) is 91.7 cm³/mol. The van der Waals surface area contributed by atoms with Crippen molar-refractivity contribution in [2.24, 2.45) is 0 Å². The molecule has 0 unspecified atom stereocenters. The largest absolute Gasteiger partial charge is 0.378 e. The fourth-order valence-electron chi connectivity index (χ4n) is 2.14. The summed E-state index contributed by atoms with van der Waals surface area (Å²) in [7, 11) is 4.08. The zero-order valence-corrected chi connectivity index (χ0v) is 13.2. The van der Waals surface area contributed by atoms with Crippen LogP contribution in [0.3, 0.4) is 0 Å². The van der Waals surface area contributed by atoms with E-state index in [0.29, 0.717) is 0 Å². The Bertz CT molecular complexity index is 688. The van der Waals surface area contributed by atoms with Gasteiger partial charge in [-0.3, -0.25) is 0 Å². The van der Waals surface area contributed by atoms with Crippen LogP contribution in [0.1, 0.15) is 26.0 Å². The summed E-state index contributed by atoms with van der Waals surface area (Å²) in [6, 6.07) is 4.19. The smallest absolute Gasteiger partial charge is 0.139 e. The lowest BCUT2D eigenvalue weighted by Gasteiger charge is -2.11. The van der Waals surface area contributed by atoms with E-state index in [1.54, 1.807) is 0 Å². The van der Waals surface area contributed by atoms with E-state index in [1.165, 1.54) is 0 Å². The molecule has 0 N–H and O–H groups in total. The van der Waals surface area contributed by atoms with E-state index in [4.69, 9.17) is 4.98 Å². The Kier molecular flexibility index (Phi) is 4.99. The van der Waals surface area contributed by atoms with Gasteiger partial charge in [0.15, 0.2) is 0 Å². The molecule has 0 fully saturated rings. The average molecular weight is 281 g/mol. The third-order valence-corrected chi connectivity index (χ3v) is 3.24. The van der Waals surface area contributed by atoms with Gasteiger partial charge >= 0.3 is 0 Å². The van der Waals surface area contributed by atoms with E-state index in [-0.39, 0.29) is 0 Å². The van der Waals surface area contributed by atoms with E-state index in [0.717, 1.165) is 29.0 Å². The van der Waals surface area contributed by atoms with Crippen LogP contribution in [-0.4, -0.2) is 23.5 Å². The quantitative estimate of drug-likeness (QED) is 0.817. The number of rotatable bonds is 2. The molecule has 2 aromatic heterocycles. The molecular formula is C18H23N3. The number of aromatic nitrogens is 2. The van der Waals surface area contributed by atoms with Gasteiger partial charge in [0.2, 0.25) is 0 Å². The van der Waals surface area contributed by atoms with Crippen molar-refractivity contribution in [3.8, 4) is 0 Å². The SMILES string of the molecule is CC.CN(C)c1ccn2cc(C3=CC=CCC=C3)nc2c1. The van der Waals surface area contributed by atoms with Gasteiger partial charge in [-0.25, -0.2) is 4.98 Å². The number of hydrogen-bond donors (Lipinski definition) is 0. The van der Waals surface area contributed by atoms with E-state index in [2.05, 4.69) is 64.2 Å². The van der Waals surface area contributed by atoms with Gasteiger partial charge in [0.25, 0.3) is 0 Å². The highest BCUT2D eigenvalue weighted by molar-refractivity contribution is 5.75. The molecule has 2 aromatic rings. The first-order valence-corrected chi connectivity index (χ1v) is 7.44. The predicted octanol–water partition coefficient (Wildman–Crippen LogP) is 4.33. The summed E-state index contributed by atoms with van der Waals surface area (Å²) in [5.41, 5.74) is 4.31. The summed E-state index contributed by atoms with van der Waals surface area (Å²) in [6.45, 7) is 4.00. The fourth-order valence-corrected chi connectivity index (χ4v) is 2.14. The van der Waals surface area contributed by atoms with Crippen LogP contribution >= 0.6 is 0 Å². The number of anilines is 1. The van der Waals surface area contributed by atoms with Crippen LogP contribution < -0.4 is 4.90 Å². The van der Waals surface area contributed by atoms with Crippen LogP contribution in [0.5, 0.6) is 0 Å². The van der Waals surface area contributed by atoms with Crippen molar-refractivity contribution in [1.29, 1.82) is 0 Å². The number of pyridine rings is 1. The molecule has 3 rings (SSSR count). The third kappa shape index (κ3) is 3.43. The molecule has 0 bridgehead atoms. The second kappa shape index (κ2) is 6.93. The minimum Gasteiger partial charge on any atom is -0.378 e. The zero-order valence-electron chi connectivity index (χ0n) is 13.2. The summed E-state index contributed by atoms with van der Waals surface area (Å²) < 4.78 is 2.06. The summed E-state index contributed by atoms with van der Waals surface area (Å²) >= 11 is 0. The van der Waals surface area contributed by atoms with Gasteiger partial charge in [0, 0.05) is 43.8 Å². The lowest BCUT2D eigenvalue weighted by molar-refractivity contribution is 1.10. The molecular weight excluding hydrogens is 258 g/mol. The van der Waals surface area contributed by atoms with Gasteiger partial charge in [-0.05, 0) is 12.5 Å². The molecule has 0 spiro atoms. The monoisotopic (exact) mass is 281 g/mol. The van der Waals surface area contributed by atoms with Crippen molar-refractivity contribution in [2.45, 2.75) is 20.3 Å². The number of allylic oxidation sites excluding steroid dienone is 6. The van der Waals surface area contributed by atoms with Crippen molar-refractivity contribution in [1.82, 2.24) is 9.38 Å². The van der Waals surface area contributed by atoms with Gasteiger partial charge in [-0.1, -0.05) is 44.2 Å². The first kappa shape index (κ1) is 15.1. The molecule has 0 aliphatic heterocycles. The summed E-state index contributed by atoms with van der Waals surface area (Å²) in [5, 5.41) is 0. The van der Waals surface area contributed by atoms with E-state index >= 15 is 0 Å². The molecule has 0 saturated heterocycles. The van der Waals surface area contributed by atoms with Gasteiger partial charge in [-0.15, -0.1) is 0 Å². The molecule has 0 amide bonds. The van der Waals surface area contributed by atoms with Crippen LogP contribution in [-0.2, 0) is 0 Å². The number of imidazole rings is 1. The number of nitrogens with zero attached hydrogens (tertiary/aromatic N) is 3. The molecule has 3 nitrogen and oxygen atoms in total. The van der Waals surface area contributed by atoms with E-state index < -0.39 is 0 Å².